The van der Waals surface area contributed by atoms with Crippen LogP contribution in [0.3, 0.4) is 0 Å². The second-order valence-electron chi connectivity index (χ2n) is 1.38. The van der Waals surface area contributed by atoms with Gasteiger partial charge in [0, 0.05) is 15.9 Å². The fraction of sp³-hybridized carbons (Fsp3) is 0.200. The molecule has 0 radical (unpaired) electrons. The van der Waals surface area contributed by atoms with Crippen molar-refractivity contribution >= 4 is 15.9 Å². The predicted molar refractivity (Wildman–Crippen MR) is 34.4 cm³/mol. The third-order valence-electron chi connectivity index (χ3n) is 0.653. The summed E-state index contributed by atoms with van der Waals surface area (Å²) in [6.45, 7) is 2.86. The maximum absolute atomic E-state index is 12.4. The summed E-state index contributed by atoms with van der Waals surface area (Å²) < 4.78 is 47.6. The van der Waals surface area contributed by atoms with E-state index in [2.05, 4.69) is 11.3 Å². The number of hydrogen-bond donors (Lipinski definition) is 0. The molecule has 0 aromatic carbocycles. The number of hydrogen-bond acceptors (Lipinski definition) is 1. The zero-order valence-electron chi connectivity index (χ0n) is 5.08. The van der Waals surface area contributed by atoms with Crippen molar-refractivity contribution in [2.45, 2.75) is 4.76 Å². The van der Waals surface area contributed by atoms with E-state index >= 15 is 0 Å². The molecule has 0 amide bonds. The highest BCUT2D eigenvalue weighted by molar-refractivity contribution is 9.10. The smallest absolute Gasteiger partial charge is 0.362 e. The summed E-state index contributed by atoms with van der Waals surface area (Å²) in [5.41, 5.74) is 0. The standard InChI is InChI=1S/C5H3BrF4O/c1-2-11-5(6,10)3(7)4(8)9/h2H,1H2. The Morgan fingerprint density at radius 2 is 1.91 bits per heavy atom. The van der Waals surface area contributed by atoms with Gasteiger partial charge in [0.05, 0.1) is 6.26 Å². The number of alkyl halides is 2. The van der Waals surface area contributed by atoms with E-state index in [4.69, 9.17) is 0 Å². The lowest BCUT2D eigenvalue weighted by molar-refractivity contribution is 0.00520. The molecule has 0 spiro atoms. The Hall–Kier alpha value is -0.520. The first-order valence-corrected chi connectivity index (χ1v) is 3.09. The van der Waals surface area contributed by atoms with E-state index in [0.29, 0.717) is 6.26 Å². The molecule has 1 atom stereocenters. The molecule has 1 nitrogen and oxygen atoms in total. The van der Waals surface area contributed by atoms with Gasteiger partial charge in [0.25, 0.3) is 5.83 Å². The van der Waals surface area contributed by atoms with E-state index in [0.717, 1.165) is 0 Å². The predicted octanol–water partition coefficient (Wildman–Crippen LogP) is 3.24. The Labute approximate surface area is 68.5 Å². The quantitative estimate of drug-likeness (QED) is 0.414. The Morgan fingerprint density at radius 1 is 1.45 bits per heavy atom. The fourth-order valence-corrected chi connectivity index (χ4v) is 0.548. The second kappa shape index (κ2) is 3.75. The van der Waals surface area contributed by atoms with Crippen molar-refractivity contribution in [3.05, 3.63) is 24.7 Å². The van der Waals surface area contributed by atoms with Gasteiger partial charge >= 0.3 is 10.8 Å². The van der Waals surface area contributed by atoms with Gasteiger partial charge in [-0.05, 0) is 0 Å². The van der Waals surface area contributed by atoms with Crippen LogP contribution < -0.4 is 0 Å². The maximum atomic E-state index is 12.4. The first-order valence-electron chi connectivity index (χ1n) is 2.29. The minimum atomic E-state index is -3.31. The Kier molecular flexibility index (Phi) is 3.57. The van der Waals surface area contributed by atoms with E-state index in [1.54, 1.807) is 0 Å². The van der Waals surface area contributed by atoms with Gasteiger partial charge in [0.15, 0.2) is 0 Å². The van der Waals surface area contributed by atoms with Crippen LogP contribution in [0, 0.1) is 0 Å². The van der Waals surface area contributed by atoms with Crippen molar-refractivity contribution < 1.29 is 22.3 Å². The summed E-state index contributed by atoms with van der Waals surface area (Å²) in [6, 6.07) is 0. The molecule has 0 rings (SSSR count). The Morgan fingerprint density at radius 3 is 2.18 bits per heavy atom. The molecule has 1 unspecified atom stereocenters. The molecule has 11 heavy (non-hydrogen) atoms. The van der Waals surface area contributed by atoms with Gasteiger partial charge in [-0.25, -0.2) is 0 Å². The van der Waals surface area contributed by atoms with E-state index in [1.807, 2.05) is 15.9 Å². The van der Waals surface area contributed by atoms with Gasteiger partial charge in [0.2, 0.25) is 0 Å². The summed E-state index contributed by atoms with van der Waals surface area (Å²) in [7, 11) is 0. The molecule has 0 heterocycles. The van der Waals surface area contributed by atoms with Crippen LogP contribution in [0.2, 0.25) is 0 Å². The SMILES string of the molecule is C=COC(F)(Br)C(F)=C(F)F. The summed E-state index contributed by atoms with van der Waals surface area (Å²) in [6.07, 6.45) is -2.29. The molecule has 0 aromatic rings. The van der Waals surface area contributed by atoms with Crippen LogP contribution in [-0.4, -0.2) is 4.76 Å². The van der Waals surface area contributed by atoms with Gasteiger partial charge in [-0.2, -0.15) is 17.6 Å². The summed E-state index contributed by atoms with van der Waals surface area (Å²) >= 11 is 1.94. The zero-order chi connectivity index (χ0) is 9.07. The first kappa shape index (κ1) is 10.5. The Balaban J connectivity index is 4.54. The highest BCUT2D eigenvalue weighted by Crippen LogP contribution is 2.34. The third-order valence-corrected chi connectivity index (χ3v) is 1.19. The molecule has 0 saturated carbocycles. The normalized spacial score (nSPS) is 15.0. The van der Waals surface area contributed by atoms with Crippen molar-refractivity contribution in [2.75, 3.05) is 0 Å². The fourth-order valence-electron chi connectivity index (χ4n) is 0.266. The van der Waals surface area contributed by atoms with Crippen LogP contribution in [-0.2, 0) is 4.74 Å². The van der Waals surface area contributed by atoms with Crippen LogP contribution in [0.5, 0.6) is 0 Å². The number of ether oxygens (including phenoxy) is 1. The highest BCUT2D eigenvalue weighted by atomic mass is 79.9. The molecule has 0 bridgehead atoms. The Bertz CT molecular complexity index is 185. The zero-order valence-corrected chi connectivity index (χ0v) is 6.67. The molecule has 0 aliphatic rings. The van der Waals surface area contributed by atoms with Crippen molar-refractivity contribution in [2.24, 2.45) is 0 Å². The average Bonchev–Trinajstić information content (AvgIpc) is 1.86. The van der Waals surface area contributed by atoms with Crippen molar-refractivity contribution in [3.63, 3.8) is 0 Å². The van der Waals surface area contributed by atoms with E-state index in [9.17, 15) is 17.6 Å². The van der Waals surface area contributed by atoms with Gasteiger partial charge < -0.3 is 4.74 Å². The molecule has 0 N–H and O–H groups in total. The topological polar surface area (TPSA) is 9.23 Å². The molecular weight excluding hydrogens is 232 g/mol. The lowest BCUT2D eigenvalue weighted by Crippen LogP contribution is -2.16. The minimum absolute atomic E-state index is 0.497. The third kappa shape index (κ3) is 2.92. The van der Waals surface area contributed by atoms with Crippen molar-refractivity contribution in [3.8, 4) is 0 Å². The van der Waals surface area contributed by atoms with Crippen LogP contribution in [0.4, 0.5) is 17.6 Å². The molecule has 0 aliphatic heterocycles. The summed E-state index contributed by atoms with van der Waals surface area (Å²) in [5, 5.41) is 0. The van der Waals surface area contributed by atoms with Gasteiger partial charge in [-0.1, -0.05) is 6.58 Å². The largest absolute Gasteiger partial charge is 0.452 e. The van der Waals surface area contributed by atoms with Crippen LogP contribution in [0.15, 0.2) is 24.7 Å². The van der Waals surface area contributed by atoms with Crippen LogP contribution in [0.25, 0.3) is 0 Å². The molecule has 0 aromatic heterocycles. The van der Waals surface area contributed by atoms with Crippen LogP contribution in [0.1, 0.15) is 0 Å². The first-order chi connectivity index (χ1) is 4.91. The van der Waals surface area contributed by atoms with Gasteiger partial charge in [-0.15, -0.1) is 0 Å². The lowest BCUT2D eigenvalue weighted by atomic mass is 10.6. The maximum Gasteiger partial charge on any atom is 0.362 e. The summed E-state index contributed by atoms with van der Waals surface area (Å²) in [4.78, 5) is 0. The lowest BCUT2D eigenvalue weighted by Gasteiger charge is -2.13. The summed E-state index contributed by atoms with van der Waals surface area (Å²) in [5.74, 6) is -2.32. The molecular formula is C5H3BrF4O. The van der Waals surface area contributed by atoms with Crippen molar-refractivity contribution in [1.29, 1.82) is 0 Å². The highest BCUT2D eigenvalue weighted by Gasteiger charge is 2.37. The second-order valence-corrected chi connectivity index (χ2v) is 2.40. The van der Waals surface area contributed by atoms with E-state index in [-0.39, 0.29) is 0 Å². The van der Waals surface area contributed by atoms with E-state index < -0.39 is 16.7 Å². The van der Waals surface area contributed by atoms with E-state index in [1.165, 1.54) is 0 Å². The van der Waals surface area contributed by atoms with Gasteiger partial charge in [-0.3, -0.25) is 0 Å². The monoisotopic (exact) mass is 234 g/mol. The minimum Gasteiger partial charge on any atom is -0.452 e. The molecule has 0 fully saturated rings. The number of rotatable bonds is 3. The average molecular weight is 235 g/mol. The van der Waals surface area contributed by atoms with Crippen molar-refractivity contribution in [1.82, 2.24) is 0 Å². The van der Waals surface area contributed by atoms with Gasteiger partial charge in [0.1, 0.15) is 0 Å². The molecule has 0 saturated heterocycles. The molecule has 6 heteroatoms. The van der Waals surface area contributed by atoms with Crippen LogP contribution >= 0.6 is 15.9 Å². The molecule has 0 aliphatic carbocycles. The molecule has 64 valence electrons. The number of halogens is 5.